The number of hydrogen-bond acceptors (Lipinski definition) is 2. The summed E-state index contributed by atoms with van der Waals surface area (Å²) < 4.78 is 0. The van der Waals surface area contributed by atoms with Crippen molar-refractivity contribution in [3.63, 3.8) is 0 Å². The van der Waals surface area contributed by atoms with E-state index in [4.69, 9.17) is 0 Å². The van der Waals surface area contributed by atoms with E-state index in [-0.39, 0.29) is 0 Å². The van der Waals surface area contributed by atoms with Crippen LogP contribution in [0.3, 0.4) is 0 Å². The molecule has 0 aliphatic carbocycles. The van der Waals surface area contributed by atoms with Crippen molar-refractivity contribution >= 4 is 5.69 Å². The number of rotatable bonds is 4. The molecule has 0 spiro atoms. The molecule has 0 saturated carbocycles. The highest BCUT2D eigenvalue weighted by Gasteiger charge is 2.37. The third-order valence-corrected chi connectivity index (χ3v) is 4.88. The minimum absolute atomic E-state index is 0.362. The van der Waals surface area contributed by atoms with Crippen molar-refractivity contribution in [1.29, 1.82) is 0 Å². The number of benzene rings is 1. The lowest BCUT2D eigenvalue weighted by Crippen LogP contribution is -2.51. The summed E-state index contributed by atoms with van der Waals surface area (Å²) in [7, 11) is 0. The Balaban J connectivity index is 1.82. The lowest BCUT2D eigenvalue weighted by atomic mass is 9.91. The van der Waals surface area contributed by atoms with Gasteiger partial charge in [-0.1, -0.05) is 31.5 Å². The Morgan fingerprint density at radius 3 is 2.95 bits per heavy atom. The summed E-state index contributed by atoms with van der Waals surface area (Å²) in [5, 5.41) is 3.81. The molecule has 1 aromatic carbocycles. The fourth-order valence-electron chi connectivity index (χ4n) is 3.97. The van der Waals surface area contributed by atoms with E-state index in [1.807, 2.05) is 0 Å². The smallest absolute Gasteiger partial charge is 0.0402 e. The van der Waals surface area contributed by atoms with Gasteiger partial charge in [0.05, 0.1) is 0 Å². The molecule has 3 rings (SSSR count). The summed E-state index contributed by atoms with van der Waals surface area (Å²) >= 11 is 0. The van der Waals surface area contributed by atoms with Gasteiger partial charge in [-0.15, -0.1) is 0 Å². The van der Waals surface area contributed by atoms with Crippen molar-refractivity contribution in [1.82, 2.24) is 5.32 Å². The van der Waals surface area contributed by atoms with Gasteiger partial charge < -0.3 is 10.2 Å². The zero-order valence-electron chi connectivity index (χ0n) is 12.3. The fraction of sp³-hybridized carbons (Fsp3) is 0.647. The topological polar surface area (TPSA) is 15.3 Å². The van der Waals surface area contributed by atoms with Crippen LogP contribution >= 0.6 is 0 Å². The molecule has 2 nitrogen and oxygen atoms in total. The first-order chi connectivity index (χ1) is 9.24. The summed E-state index contributed by atoms with van der Waals surface area (Å²) in [5.41, 5.74) is 3.36. The van der Waals surface area contributed by atoms with Gasteiger partial charge in [0.1, 0.15) is 0 Å². The maximum atomic E-state index is 3.81. The molecule has 1 aromatic rings. The van der Waals surface area contributed by atoms with Crippen LogP contribution in [0, 0.1) is 0 Å². The zero-order valence-corrected chi connectivity index (χ0v) is 12.3. The molecule has 104 valence electrons. The second-order valence-electron chi connectivity index (χ2n) is 6.37. The van der Waals surface area contributed by atoms with Crippen molar-refractivity contribution in [2.75, 3.05) is 18.0 Å². The number of para-hydroxylation sites is 1. The van der Waals surface area contributed by atoms with Crippen LogP contribution in [0.25, 0.3) is 0 Å². The normalized spacial score (nSPS) is 29.8. The molecule has 2 aliphatic heterocycles. The van der Waals surface area contributed by atoms with E-state index < -0.39 is 0 Å². The molecule has 0 radical (unpaired) electrons. The maximum Gasteiger partial charge on any atom is 0.0402 e. The van der Waals surface area contributed by atoms with Crippen molar-refractivity contribution in [3.05, 3.63) is 29.8 Å². The molecule has 19 heavy (non-hydrogen) atoms. The third-order valence-electron chi connectivity index (χ3n) is 4.88. The van der Waals surface area contributed by atoms with E-state index in [2.05, 4.69) is 48.3 Å². The van der Waals surface area contributed by atoms with Crippen LogP contribution in [0.1, 0.15) is 45.1 Å². The van der Waals surface area contributed by atoms with Crippen LogP contribution in [0.15, 0.2) is 24.3 Å². The highest BCUT2D eigenvalue weighted by atomic mass is 15.2. The van der Waals surface area contributed by atoms with Gasteiger partial charge in [-0.2, -0.15) is 0 Å². The van der Waals surface area contributed by atoms with E-state index in [9.17, 15) is 0 Å². The molecule has 2 aliphatic rings. The molecular formula is C17H26N2. The Morgan fingerprint density at radius 2 is 2.21 bits per heavy atom. The lowest BCUT2D eigenvalue weighted by molar-refractivity contribution is 0.339. The lowest BCUT2D eigenvalue weighted by Gasteiger charge is -2.37. The first kappa shape index (κ1) is 13.0. The van der Waals surface area contributed by atoms with Gasteiger partial charge in [-0.25, -0.2) is 0 Å². The number of hydrogen-bond donors (Lipinski definition) is 1. The Morgan fingerprint density at radius 1 is 1.37 bits per heavy atom. The Bertz CT molecular complexity index is 435. The number of nitrogens with zero attached hydrogens (tertiary/aromatic N) is 1. The number of anilines is 1. The summed E-state index contributed by atoms with van der Waals surface area (Å²) in [5.74, 6) is 0. The van der Waals surface area contributed by atoms with E-state index in [1.54, 1.807) is 0 Å². The Hall–Kier alpha value is -1.02. The molecular weight excluding hydrogens is 232 g/mol. The van der Waals surface area contributed by atoms with Crippen LogP contribution in [0.4, 0.5) is 5.69 Å². The van der Waals surface area contributed by atoms with Gasteiger partial charge in [-0.3, -0.25) is 0 Å². The van der Waals surface area contributed by atoms with Gasteiger partial charge in [0, 0.05) is 23.8 Å². The van der Waals surface area contributed by atoms with Crippen molar-refractivity contribution in [3.8, 4) is 0 Å². The van der Waals surface area contributed by atoms with E-state index in [1.165, 1.54) is 56.4 Å². The molecule has 1 saturated heterocycles. The number of fused-ring (bicyclic) bond motifs is 1. The van der Waals surface area contributed by atoms with Crippen LogP contribution in [-0.4, -0.2) is 24.7 Å². The minimum Gasteiger partial charge on any atom is -0.366 e. The third kappa shape index (κ3) is 2.38. The van der Waals surface area contributed by atoms with Crippen LogP contribution < -0.4 is 10.2 Å². The monoisotopic (exact) mass is 258 g/mol. The summed E-state index contributed by atoms with van der Waals surface area (Å²) in [6.45, 7) is 7.06. The predicted molar refractivity (Wildman–Crippen MR) is 81.8 cm³/mol. The van der Waals surface area contributed by atoms with E-state index >= 15 is 0 Å². The maximum absolute atomic E-state index is 3.81. The van der Waals surface area contributed by atoms with Crippen molar-refractivity contribution in [2.24, 2.45) is 0 Å². The summed E-state index contributed by atoms with van der Waals surface area (Å²) in [6.07, 6.45) is 6.46. The molecule has 1 N–H and O–H groups in total. The molecule has 0 amide bonds. The van der Waals surface area contributed by atoms with Gasteiger partial charge >= 0.3 is 0 Å². The molecule has 0 bridgehead atoms. The first-order valence-electron chi connectivity index (χ1n) is 7.84. The standard InChI is InChI=1S/C17H26N2/c1-3-9-17(10-6-11-18-17)13-19-14(2)12-15-7-4-5-8-16(15)19/h4-5,7-8,14,18H,3,6,9-13H2,1-2H3. The van der Waals surface area contributed by atoms with Crippen molar-refractivity contribution < 1.29 is 0 Å². The molecule has 0 aromatic heterocycles. The van der Waals surface area contributed by atoms with E-state index in [0.29, 0.717) is 11.6 Å². The highest BCUT2D eigenvalue weighted by molar-refractivity contribution is 5.59. The van der Waals surface area contributed by atoms with Gasteiger partial charge in [0.15, 0.2) is 0 Å². The minimum atomic E-state index is 0.362. The average Bonchev–Trinajstić information content (AvgIpc) is 2.97. The highest BCUT2D eigenvalue weighted by Crippen LogP contribution is 2.35. The van der Waals surface area contributed by atoms with Gasteiger partial charge in [0.25, 0.3) is 0 Å². The Labute approximate surface area is 117 Å². The summed E-state index contributed by atoms with van der Waals surface area (Å²) in [6, 6.07) is 9.59. The van der Waals surface area contributed by atoms with Crippen LogP contribution in [-0.2, 0) is 6.42 Å². The molecule has 2 unspecified atom stereocenters. The quantitative estimate of drug-likeness (QED) is 0.891. The SMILES string of the molecule is CCCC1(CN2c3ccccc3CC2C)CCCN1. The fourth-order valence-corrected chi connectivity index (χ4v) is 3.97. The first-order valence-corrected chi connectivity index (χ1v) is 7.84. The van der Waals surface area contributed by atoms with Gasteiger partial charge in [-0.05, 0) is 50.8 Å². The molecule has 2 heteroatoms. The van der Waals surface area contributed by atoms with Crippen molar-refractivity contribution in [2.45, 2.75) is 57.5 Å². The van der Waals surface area contributed by atoms with Crippen LogP contribution in [0.5, 0.6) is 0 Å². The van der Waals surface area contributed by atoms with Crippen LogP contribution in [0.2, 0.25) is 0 Å². The largest absolute Gasteiger partial charge is 0.366 e. The predicted octanol–water partition coefficient (Wildman–Crippen LogP) is 3.36. The second kappa shape index (κ2) is 5.16. The number of nitrogens with one attached hydrogen (secondary N) is 1. The molecule has 1 fully saturated rings. The summed E-state index contributed by atoms with van der Waals surface area (Å²) in [4.78, 5) is 2.64. The second-order valence-corrected chi connectivity index (χ2v) is 6.37. The zero-order chi connectivity index (χ0) is 13.3. The average molecular weight is 258 g/mol. The van der Waals surface area contributed by atoms with E-state index in [0.717, 1.165) is 0 Å². The van der Waals surface area contributed by atoms with Gasteiger partial charge in [0.2, 0.25) is 0 Å². The molecule has 2 heterocycles. The molecule has 2 atom stereocenters. The Kier molecular flexibility index (Phi) is 3.53.